The van der Waals surface area contributed by atoms with Crippen molar-refractivity contribution in [2.45, 2.75) is 0 Å². The van der Waals surface area contributed by atoms with Gasteiger partial charge in [0.1, 0.15) is 11.5 Å². The second kappa shape index (κ2) is 6.62. The first kappa shape index (κ1) is 14.6. The largest absolute Gasteiger partial charge is 0.457 e. The second-order valence-electron chi connectivity index (χ2n) is 4.86. The molecular formula is C18H15N3O2. The van der Waals surface area contributed by atoms with Crippen LogP contribution in [0.25, 0.3) is 0 Å². The second-order valence-corrected chi connectivity index (χ2v) is 4.86. The van der Waals surface area contributed by atoms with E-state index in [4.69, 9.17) is 10.5 Å². The number of carbonyl (C=O) groups excluding carboxylic acids is 1. The van der Waals surface area contributed by atoms with Gasteiger partial charge in [-0.05, 0) is 42.5 Å². The Hall–Kier alpha value is -3.34. The molecule has 0 fully saturated rings. The summed E-state index contributed by atoms with van der Waals surface area (Å²) in [5.41, 5.74) is 7.15. The van der Waals surface area contributed by atoms with Crippen LogP contribution in [-0.2, 0) is 0 Å². The number of amides is 1. The van der Waals surface area contributed by atoms with Gasteiger partial charge in [-0.1, -0.05) is 18.2 Å². The summed E-state index contributed by atoms with van der Waals surface area (Å²) in [6.45, 7) is 0. The highest BCUT2D eigenvalue weighted by Crippen LogP contribution is 2.23. The smallest absolute Gasteiger partial charge is 0.259 e. The van der Waals surface area contributed by atoms with Crippen LogP contribution in [-0.4, -0.2) is 10.9 Å². The number of rotatable bonds is 4. The molecule has 3 rings (SSSR count). The number of carbonyl (C=O) groups is 1. The number of benzene rings is 2. The van der Waals surface area contributed by atoms with E-state index in [0.29, 0.717) is 22.7 Å². The van der Waals surface area contributed by atoms with Crippen LogP contribution in [0.2, 0.25) is 0 Å². The minimum absolute atomic E-state index is 0.299. The number of nitrogens with one attached hydrogen (secondary N) is 1. The van der Waals surface area contributed by atoms with Crippen molar-refractivity contribution in [2.75, 3.05) is 11.1 Å². The monoisotopic (exact) mass is 305 g/mol. The third kappa shape index (κ3) is 3.65. The van der Waals surface area contributed by atoms with Gasteiger partial charge in [0, 0.05) is 23.8 Å². The van der Waals surface area contributed by atoms with Gasteiger partial charge in [-0.25, -0.2) is 0 Å². The van der Waals surface area contributed by atoms with Crippen LogP contribution in [0.3, 0.4) is 0 Å². The fourth-order valence-corrected chi connectivity index (χ4v) is 2.02. The molecule has 1 aromatic heterocycles. The third-order valence-corrected chi connectivity index (χ3v) is 3.19. The maximum Gasteiger partial charge on any atom is 0.259 e. The lowest BCUT2D eigenvalue weighted by molar-refractivity contribution is 0.102. The summed E-state index contributed by atoms with van der Waals surface area (Å²) >= 11 is 0. The summed E-state index contributed by atoms with van der Waals surface area (Å²) in [4.78, 5) is 16.1. The molecule has 0 atom stereocenters. The highest BCUT2D eigenvalue weighted by Gasteiger charge is 2.09. The number of nitrogens with zero attached hydrogens (tertiary/aromatic N) is 1. The zero-order chi connectivity index (χ0) is 16.1. The predicted molar refractivity (Wildman–Crippen MR) is 89.6 cm³/mol. The molecule has 3 aromatic rings. The van der Waals surface area contributed by atoms with Crippen molar-refractivity contribution in [1.29, 1.82) is 0 Å². The van der Waals surface area contributed by atoms with Crippen LogP contribution in [0.5, 0.6) is 11.5 Å². The van der Waals surface area contributed by atoms with Crippen LogP contribution < -0.4 is 15.8 Å². The topological polar surface area (TPSA) is 77.2 Å². The quantitative estimate of drug-likeness (QED) is 0.770. The van der Waals surface area contributed by atoms with E-state index in [9.17, 15) is 4.79 Å². The Morgan fingerprint density at radius 2 is 1.65 bits per heavy atom. The summed E-state index contributed by atoms with van der Waals surface area (Å²) < 4.78 is 5.70. The first-order valence-corrected chi connectivity index (χ1v) is 7.06. The number of para-hydroxylation sites is 1. The Morgan fingerprint density at radius 3 is 2.35 bits per heavy atom. The van der Waals surface area contributed by atoms with Gasteiger partial charge in [0.05, 0.1) is 5.56 Å². The normalized spacial score (nSPS) is 10.1. The van der Waals surface area contributed by atoms with Crippen LogP contribution in [0.15, 0.2) is 73.1 Å². The molecule has 0 bridgehead atoms. The van der Waals surface area contributed by atoms with Crippen molar-refractivity contribution >= 4 is 17.3 Å². The van der Waals surface area contributed by atoms with E-state index in [1.54, 1.807) is 36.5 Å². The zero-order valence-electron chi connectivity index (χ0n) is 12.3. The van der Waals surface area contributed by atoms with E-state index >= 15 is 0 Å². The van der Waals surface area contributed by atoms with Gasteiger partial charge in [0.15, 0.2) is 0 Å². The van der Waals surface area contributed by atoms with Gasteiger partial charge in [-0.3, -0.25) is 9.78 Å². The summed E-state index contributed by atoms with van der Waals surface area (Å²) in [5, 5.41) is 2.78. The Balaban J connectivity index is 1.68. The van der Waals surface area contributed by atoms with E-state index in [1.807, 2.05) is 30.3 Å². The van der Waals surface area contributed by atoms with Gasteiger partial charge >= 0.3 is 0 Å². The van der Waals surface area contributed by atoms with E-state index in [2.05, 4.69) is 10.3 Å². The number of nitrogen functional groups attached to an aromatic ring is 1. The molecule has 0 aliphatic carbocycles. The fourth-order valence-electron chi connectivity index (χ4n) is 2.02. The number of hydrogen-bond acceptors (Lipinski definition) is 4. The van der Waals surface area contributed by atoms with E-state index in [1.165, 1.54) is 6.20 Å². The van der Waals surface area contributed by atoms with E-state index < -0.39 is 0 Å². The first-order valence-electron chi connectivity index (χ1n) is 7.06. The van der Waals surface area contributed by atoms with Gasteiger partial charge in [-0.15, -0.1) is 0 Å². The molecule has 3 N–H and O–H groups in total. The molecule has 0 radical (unpaired) electrons. The lowest BCUT2D eigenvalue weighted by Gasteiger charge is -2.09. The number of ether oxygens (including phenoxy) is 1. The summed E-state index contributed by atoms with van der Waals surface area (Å²) in [5.74, 6) is 1.15. The zero-order valence-corrected chi connectivity index (χ0v) is 12.3. The van der Waals surface area contributed by atoms with Crippen molar-refractivity contribution in [3.63, 3.8) is 0 Å². The van der Waals surface area contributed by atoms with Gasteiger partial charge in [0.25, 0.3) is 5.91 Å². The van der Waals surface area contributed by atoms with Crippen molar-refractivity contribution in [1.82, 2.24) is 4.98 Å². The summed E-state index contributed by atoms with van der Waals surface area (Å²) in [6.07, 6.45) is 2.99. The van der Waals surface area contributed by atoms with Crippen LogP contribution in [0.4, 0.5) is 11.4 Å². The summed E-state index contributed by atoms with van der Waals surface area (Å²) in [7, 11) is 0. The molecule has 0 saturated heterocycles. The number of hydrogen-bond donors (Lipinski definition) is 2. The van der Waals surface area contributed by atoms with Crippen LogP contribution in [0.1, 0.15) is 10.4 Å². The Bertz CT molecular complexity index is 802. The molecule has 0 spiro atoms. The fraction of sp³-hybridized carbons (Fsp3) is 0. The van der Waals surface area contributed by atoms with Crippen molar-refractivity contribution in [2.24, 2.45) is 0 Å². The Kier molecular flexibility index (Phi) is 4.20. The predicted octanol–water partition coefficient (Wildman–Crippen LogP) is 3.71. The molecule has 23 heavy (non-hydrogen) atoms. The SMILES string of the molecule is Nc1ccncc1C(=O)Nc1ccc(Oc2ccccc2)cc1. The molecule has 0 unspecified atom stereocenters. The van der Waals surface area contributed by atoms with Crippen LogP contribution in [0, 0.1) is 0 Å². The Morgan fingerprint density at radius 1 is 0.957 bits per heavy atom. The lowest BCUT2D eigenvalue weighted by atomic mass is 10.2. The minimum atomic E-state index is -0.299. The molecule has 1 amide bonds. The molecule has 0 saturated carbocycles. The molecule has 5 heteroatoms. The van der Waals surface area contributed by atoms with Crippen molar-refractivity contribution < 1.29 is 9.53 Å². The highest BCUT2D eigenvalue weighted by molar-refractivity contribution is 6.07. The average molecular weight is 305 g/mol. The summed E-state index contributed by atoms with van der Waals surface area (Å²) in [6, 6.07) is 18.2. The molecular weight excluding hydrogens is 290 g/mol. The minimum Gasteiger partial charge on any atom is -0.457 e. The number of nitrogens with two attached hydrogens (primary N) is 1. The maximum atomic E-state index is 12.1. The molecule has 1 heterocycles. The van der Waals surface area contributed by atoms with Gasteiger partial charge in [0.2, 0.25) is 0 Å². The van der Waals surface area contributed by atoms with Gasteiger partial charge < -0.3 is 15.8 Å². The first-order chi connectivity index (χ1) is 11.2. The number of anilines is 2. The molecule has 114 valence electrons. The van der Waals surface area contributed by atoms with Gasteiger partial charge in [-0.2, -0.15) is 0 Å². The maximum absolute atomic E-state index is 12.1. The lowest BCUT2D eigenvalue weighted by Crippen LogP contribution is -2.14. The standard InChI is InChI=1S/C18H15N3O2/c19-17-10-11-20-12-16(17)18(22)21-13-6-8-15(9-7-13)23-14-4-2-1-3-5-14/h1-12H,(H2,19,20)(H,21,22). The van der Waals surface area contributed by atoms with Crippen LogP contribution >= 0.6 is 0 Å². The number of aromatic nitrogens is 1. The molecule has 2 aromatic carbocycles. The van der Waals surface area contributed by atoms with Crippen molar-refractivity contribution in [3.05, 3.63) is 78.6 Å². The highest BCUT2D eigenvalue weighted by atomic mass is 16.5. The molecule has 0 aliphatic rings. The average Bonchev–Trinajstić information content (AvgIpc) is 2.58. The van der Waals surface area contributed by atoms with Crippen molar-refractivity contribution in [3.8, 4) is 11.5 Å². The van der Waals surface area contributed by atoms with E-state index in [0.717, 1.165) is 5.75 Å². The number of pyridine rings is 1. The molecule has 5 nitrogen and oxygen atoms in total. The molecule has 0 aliphatic heterocycles. The van der Waals surface area contributed by atoms with E-state index in [-0.39, 0.29) is 5.91 Å². The Labute approximate surface area is 133 Å². The third-order valence-electron chi connectivity index (χ3n) is 3.19.